The Bertz CT molecular complexity index is 925. The van der Waals surface area contributed by atoms with Gasteiger partial charge in [0, 0.05) is 6.54 Å². The van der Waals surface area contributed by atoms with E-state index in [-0.39, 0.29) is 5.69 Å². The van der Waals surface area contributed by atoms with E-state index in [9.17, 15) is 4.79 Å². The fourth-order valence-corrected chi connectivity index (χ4v) is 3.21. The molecule has 2 aliphatic rings. The van der Waals surface area contributed by atoms with Gasteiger partial charge >= 0.3 is 5.69 Å². The van der Waals surface area contributed by atoms with Crippen LogP contribution in [-0.4, -0.2) is 19.5 Å². The third-order valence-electron chi connectivity index (χ3n) is 3.46. The first-order chi connectivity index (χ1) is 10.8. The normalized spacial score (nSPS) is 11.1. The van der Waals surface area contributed by atoms with Crippen molar-refractivity contribution in [1.29, 1.82) is 0 Å². The van der Waals surface area contributed by atoms with E-state index >= 15 is 0 Å². The molecule has 0 atom stereocenters. The summed E-state index contributed by atoms with van der Waals surface area (Å²) in [6, 6.07) is 14.1. The number of imidazole rings is 1. The third-order valence-corrected chi connectivity index (χ3v) is 4.36. The quantitative estimate of drug-likeness (QED) is 0.633. The van der Waals surface area contributed by atoms with Crippen molar-refractivity contribution in [2.45, 2.75) is 6.54 Å². The van der Waals surface area contributed by atoms with Crippen LogP contribution in [0.5, 0.6) is 0 Å². The molecule has 0 aliphatic carbocycles. The summed E-state index contributed by atoms with van der Waals surface area (Å²) >= 11 is 1.64. The van der Waals surface area contributed by atoms with Crippen molar-refractivity contribution in [2.24, 2.45) is 0 Å². The summed E-state index contributed by atoms with van der Waals surface area (Å²) in [5.74, 6) is 1.10. The molecule has 0 radical (unpaired) electrons. The fraction of sp³-hybridized carbons (Fsp3) is 0.0625. The first kappa shape index (κ1) is 13.0. The van der Waals surface area contributed by atoms with E-state index in [4.69, 9.17) is 0 Å². The number of thiophene rings is 1. The van der Waals surface area contributed by atoms with Gasteiger partial charge in [0.1, 0.15) is 0 Å². The Balaban J connectivity index is 1.93. The van der Waals surface area contributed by atoms with Crippen LogP contribution in [-0.2, 0) is 6.54 Å². The van der Waals surface area contributed by atoms with E-state index in [1.165, 1.54) is 0 Å². The van der Waals surface area contributed by atoms with Crippen molar-refractivity contribution in [2.75, 3.05) is 0 Å². The van der Waals surface area contributed by atoms with Crippen LogP contribution >= 0.6 is 11.3 Å². The van der Waals surface area contributed by atoms with Crippen LogP contribution in [0.25, 0.3) is 22.2 Å². The summed E-state index contributed by atoms with van der Waals surface area (Å²) in [6.07, 6.45) is 1.79. The number of H-pyrrole nitrogens is 1. The molecule has 0 fully saturated rings. The van der Waals surface area contributed by atoms with Crippen LogP contribution in [0.2, 0.25) is 0 Å². The predicted octanol–water partition coefficient (Wildman–Crippen LogP) is 2.85. The molecular formula is C16H12N4OS. The Labute approximate surface area is 130 Å². The highest BCUT2D eigenvalue weighted by molar-refractivity contribution is 7.13. The van der Waals surface area contributed by atoms with Crippen LogP contribution in [0.4, 0.5) is 0 Å². The number of aromatic nitrogens is 4. The predicted molar refractivity (Wildman–Crippen MR) is 86.1 cm³/mol. The molecule has 0 bridgehead atoms. The standard InChI is InChI=1S/C16H12N4OS/c21-16-18-14-15(19-16)20(10-11-5-2-1-3-6-11)12(9-17-14)13-7-4-8-22-13/h1-9H,10H2,(H,17,18,21). The molecular weight excluding hydrogens is 296 g/mol. The SMILES string of the molecule is O=c1nc2n(Cc3ccccc3)c(-c3cccs3)cnc-2[nH]1. The van der Waals surface area contributed by atoms with Crippen LogP contribution < -0.4 is 5.69 Å². The molecule has 108 valence electrons. The van der Waals surface area contributed by atoms with E-state index in [2.05, 4.69) is 27.1 Å². The Morgan fingerprint density at radius 3 is 2.77 bits per heavy atom. The largest absolute Gasteiger partial charge is 0.348 e. The summed E-state index contributed by atoms with van der Waals surface area (Å²) in [5, 5.41) is 2.02. The second-order valence-corrected chi connectivity index (χ2v) is 5.85. The zero-order valence-electron chi connectivity index (χ0n) is 11.6. The maximum Gasteiger partial charge on any atom is 0.348 e. The van der Waals surface area contributed by atoms with Crippen molar-refractivity contribution in [1.82, 2.24) is 19.5 Å². The number of aromatic amines is 1. The zero-order chi connectivity index (χ0) is 14.9. The Kier molecular flexibility index (Phi) is 3.08. The smallest absolute Gasteiger partial charge is 0.316 e. The van der Waals surface area contributed by atoms with Gasteiger partial charge in [-0.25, -0.2) is 9.78 Å². The first-order valence-electron chi connectivity index (χ1n) is 6.84. The molecule has 4 rings (SSSR count). The Morgan fingerprint density at radius 1 is 1.14 bits per heavy atom. The van der Waals surface area contributed by atoms with Gasteiger partial charge in [-0.2, -0.15) is 4.98 Å². The molecule has 0 saturated heterocycles. The maximum absolute atomic E-state index is 11.6. The highest BCUT2D eigenvalue weighted by Crippen LogP contribution is 2.28. The molecule has 1 aromatic heterocycles. The third kappa shape index (κ3) is 2.23. The van der Waals surface area contributed by atoms with E-state index < -0.39 is 0 Å². The number of nitrogens with zero attached hydrogens (tertiary/aromatic N) is 3. The lowest BCUT2D eigenvalue weighted by Crippen LogP contribution is -2.10. The van der Waals surface area contributed by atoms with Crippen molar-refractivity contribution >= 4 is 11.3 Å². The van der Waals surface area contributed by atoms with Gasteiger partial charge < -0.3 is 4.57 Å². The van der Waals surface area contributed by atoms with E-state index in [1.54, 1.807) is 17.5 Å². The summed E-state index contributed by atoms with van der Waals surface area (Å²) in [5.41, 5.74) is 1.73. The molecule has 6 heteroatoms. The van der Waals surface area contributed by atoms with E-state index in [0.717, 1.165) is 16.1 Å². The molecule has 0 saturated carbocycles. The van der Waals surface area contributed by atoms with Gasteiger partial charge in [-0.15, -0.1) is 11.3 Å². The maximum atomic E-state index is 11.6. The second kappa shape index (κ2) is 5.23. The summed E-state index contributed by atoms with van der Waals surface area (Å²) in [6.45, 7) is 0.636. The average Bonchev–Trinajstić information content (AvgIpc) is 3.17. The molecule has 0 unspecified atom stereocenters. The minimum absolute atomic E-state index is 0.368. The lowest BCUT2D eigenvalue weighted by Gasteiger charge is -2.15. The van der Waals surface area contributed by atoms with Gasteiger partial charge in [0.15, 0.2) is 11.6 Å². The van der Waals surface area contributed by atoms with Gasteiger partial charge in [0.05, 0.1) is 16.8 Å². The first-order valence-corrected chi connectivity index (χ1v) is 7.72. The minimum Gasteiger partial charge on any atom is -0.316 e. The molecule has 3 heterocycles. The van der Waals surface area contributed by atoms with Gasteiger partial charge in [0.2, 0.25) is 0 Å². The fourth-order valence-electron chi connectivity index (χ4n) is 2.47. The lowest BCUT2D eigenvalue weighted by molar-refractivity contribution is 0.783. The number of nitrogens with one attached hydrogen (secondary N) is 1. The molecule has 2 aliphatic heterocycles. The van der Waals surface area contributed by atoms with Gasteiger partial charge in [-0.05, 0) is 17.0 Å². The Hall–Kier alpha value is -2.73. The van der Waals surface area contributed by atoms with Gasteiger partial charge in [-0.1, -0.05) is 36.4 Å². The summed E-state index contributed by atoms with van der Waals surface area (Å²) in [4.78, 5) is 23.7. The molecule has 1 N–H and O–H groups in total. The molecule has 22 heavy (non-hydrogen) atoms. The number of rotatable bonds is 3. The monoisotopic (exact) mass is 308 g/mol. The number of benzene rings is 1. The van der Waals surface area contributed by atoms with Crippen LogP contribution in [0.3, 0.4) is 0 Å². The van der Waals surface area contributed by atoms with Gasteiger partial charge in [-0.3, -0.25) is 4.98 Å². The van der Waals surface area contributed by atoms with Crippen LogP contribution in [0, 0.1) is 0 Å². The lowest BCUT2D eigenvalue weighted by atomic mass is 10.2. The average molecular weight is 308 g/mol. The Morgan fingerprint density at radius 2 is 2.00 bits per heavy atom. The minimum atomic E-state index is -0.368. The highest BCUT2D eigenvalue weighted by Gasteiger charge is 2.18. The number of hydrogen-bond acceptors (Lipinski definition) is 4. The molecule has 2 aromatic rings. The van der Waals surface area contributed by atoms with Crippen molar-refractivity contribution < 1.29 is 0 Å². The molecule has 0 amide bonds. The number of hydrogen-bond donors (Lipinski definition) is 1. The van der Waals surface area contributed by atoms with Crippen LogP contribution in [0.15, 0.2) is 58.8 Å². The topological polar surface area (TPSA) is 63.6 Å². The van der Waals surface area contributed by atoms with Crippen molar-refractivity contribution in [3.05, 3.63) is 70.1 Å². The van der Waals surface area contributed by atoms with Gasteiger partial charge in [0.25, 0.3) is 0 Å². The van der Waals surface area contributed by atoms with Crippen molar-refractivity contribution in [3.63, 3.8) is 0 Å². The zero-order valence-corrected chi connectivity index (χ0v) is 12.4. The number of fused-ring (bicyclic) bond motifs is 1. The van der Waals surface area contributed by atoms with E-state index in [0.29, 0.717) is 18.2 Å². The molecule has 0 spiro atoms. The second-order valence-electron chi connectivity index (χ2n) is 4.91. The molecule has 1 aromatic carbocycles. The summed E-state index contributed by atoms with van der Waals surface area (Å²) < 4.78 is 2.03. The summed E-state index contributed by atoms with van der Waals surface area (Å²) in [7, 11) is 0. The van der Waals surface area contributed by atoms with Crippen molar-refractivity contribution in [3.8, 4) is 22.2 Å². The highest BCUT2D eigenvalue weighted by atomic mass is 32.1. The van der Waals surface area contributed by atoms with Crippen LogP contribution in [0.1, 0.15) is 5.56 Å². The van der Waals surface area contributed by atoms with E-state index in [1.807, 2.05) is 40.3 Å². The molecule has 5 nitrogen and oxygen atoms in total.